The molecule has 0 radical (unpaired) electrons. The van der Waals surface area contributed by atoms with Crippen molar-refractivity contribution >= 4 is 27.5 Å². The predicted octanol–water partition coefficient (Wildman–Crippen LogP) is 2.93. The third-order valence-corrected chi connectivity index (χ3v) is 6.80. The van der Waals surface area contributed by atoms with Gasteiger partial charge in [0.05, 0.1) is 16.8 Å². The molecule has 1 saturated carbocycles. The van der Waals surface area contributed by atoms with Crippen LogP contribution in [0.5, 0.6) is 0 Å². The molecular formula is C19H23N3OS. The van der Waals surface area contributed by atoms with Gasteiger partial charge in [-0.3, -0.25) is 4.79 Å². The van der Waals surface area contributed by atoms with Gasteiger partial charge in [0.15, 0.2) is 0 Å². The fourth-order valence-corrected chi connectivity index (χ4v) is 5.19. The van der Waals surface area contributed by atoms with E-state index >= 15 is 0 Å². The predicted molar refractivity (Wildman–Crippen MR) is 96.4 cm³/mol. The van der Waals surface area contributed by atoms with Gasteiger partial charge in [0, 0.05) is 18.0 Å². The molecule has 1 aromatic heterocycles. The molecule has 4 nitrogen and oxygen atoms in total. The Balaban J connectivity index is 1.28. The molecule has 6 rings (SSSR count). The maximum atomic E-state index is 12.5. The molecule has 1 amide bonds. The summed E-state index contributed by atoms with van der Waals surface area (Å²) in [7, 11) is 0. The van der Waals surface area contributed by atoms with Crippen molar-refractivity contribution < 1.29 is 4.79 Å². The summed E-state index contributed by atoms with van der Waals surface area (Å²) < 4.78 is 5.79. The average Bonchev–Trinajstić information content (AvgIpc) is 3.39. The number of carbonyl (C=O) groups excluding carboxylic acids is 1. The van der Waals surface area contributed by atoms with Gasteiger partial charge in [-0.1, -0.05) is 12.1 Å². The fraction of sp³-hybridized carbons (Fsp3) is 0.579. The van der Waals surface area contributed by atoms with Crippen molar-refractivity contribution in [3.8, 4) is 0 Å². The van der Waals surface area contributed by atoms with Gasteiger partial charge in [0.2, 0.25) is 5.91 Å². The molecule has 1 N–H and O–H groups in total. The SMILES string of the molecule is O=C(Cc1nsc2cc(C3CC3)ccc12)N[C@@H]1CN2CCC1CC2. The Hall–Kier alpha value is -1.46. The molecule has 126 valence electrons. The number of hydrogen-bond acceptors (Lipinski definition) is 4. The zero-order valence-electron chi connectivity index (χ0n) is 13.8. The monoisotopic (exact) mass is 341 g/mol. The molecule has 4 heterocycles. The number of benzene rings is 1. The highest BCUT2D eigenvalue weighted by Gasteiger charge is 2.34. The molecule has 1 aromatic carbocycles. The molecule has 2 aromatic rings. The third-order valence-electron chi connectivity index (χ3n) is 5.95. The second-order valence-corrected chi connectivity index (χ2v) is 8.45. The summed E-state index contributed by atoms with van der Waals surface area (Å²) in [6.45, 7) is 3.44. The van der Waals surface area contributed by atoms with E-state index < -0.39 is 0 Å². The van der Waals surface area contributed by atoms with E-state index in [4.69, 9.17) is 0 Å². The highest BCUT2D eigenvalue weighted by atomic mass is 32.1. The van der Waals surface area contributed by atoms with E-state index in [1.54, 1.807) is 0 Å². The van der Waals surface area contributed by atoms with Crippen LogP contribution in [-0.2, 0) is 11.2 Å². The Labute approximate surface area is 146 Å². The summed E-state index contributed by atoms with van der Waals surface area (Å²) >= 11 is 1.54. The Kier molecular flexibility index (Phi) is 3.60. The number of piperidine rings is 3. The third kappa shape index (κ3) is 2.74. The molecule has 1 atom stereocenters. The van der Waals surface area contributed by atoms with Crippen LogP contribution in [0.25, 0.3) is 10.1 Å². The van der Waals surface area contributed by atoms with E-state index in [0.717, 1.165) is 23.5 Å². The van der Waals surface area contributed by atoms with Crippen molar-refractivity contribution in [1.82, 2.24) is 14.6 Å². The van der Waals surface area contributed by atoms with Crippen LogP contribution in [0.4, 0.5) is 0 Å². The van der Waals surface area contributed by atoms with Gasteiger partial charge in [0.1, 0.15) is 0 Å². The molecule has 5 heteroatoms. The number of carbonyl (C=O) groups is 1. The lowest BCUT2D eigenvalue weighted by Crippen LogP contribution is -2.57. The minimum atomic E-state index is 0.132. The van der Waals surface area contributed by atoms with Gasteiger partial charge in [-0.15, -0.1) is 0 Å². The van der Waals surface area contributed by atoms with Crippen molar-refractivity contribution in [3.63, 3.8) is 0 Å². The lowest BCUT2D eigenvalue weighted by Gasteiger charge is -2.44. The van der Waals surface area contributed by atoms with E-state index in [1.807, 2.05) is 0 Å². The molecule has 3 aliphatic heterocycles. The number of hydrogen-bond donors (Lipinski definition) is 1. The molecule has 0 unspecified atom stereocenters. The van der Waals surface area contributed by atoms with Crippen LogP contribution >= 0.6 is 11.5 Å². The van der Waals surface area contributed by atoms with Crippen LogP contribution in [0.15, 0.2) is 18.2 Å². The Morgan fingerprint density at radius 2 is 2.08 bits per heavy atom. The van der Waals surface area contributed by atoms with Gasteiger partial charge in [-0.05, 0) is 73.8 Å². The molecular weight excluding hydrogens is 318 g/mol. The van der Waals surface area contributed by atoms with E-state index in [9.17, 15) is 4.79 Å². The zero-order chi connectivity index (χ0) is 16.1. The minimum Gasteiger partial charge on any atom is -0.351 e. The number of amides is 1. The van der Waals surface area contributed by atoms with Crippen molar-refractivity contribution in [2.45, 2.75) is 44.1 Å². The minimum absolute atomic E-state index is 0.132. The van der Waals surface area contributed by atoms with E-state index in [0.29, 0.717) is 18.4 Å². The molecule has 0 spiro atoms. The number of fused-ring (bicyclic) bond motifs is 4. The smallest absolute Gasteiger partial charge is 0.226 e. The Morgan fingerprint density at radius 1 is 1.25 bits per heavy atom. The number of aromatic nitrogens is 1. The average molecular weight is 341 g/mol. The van der Waals surface area contributed by atoms with E-state index in [1.165, 1.54) is 60.6 Å². The maximum Gasteiger partial charge on any atom is 0.226 e. The summed E-state index contributed by atoms with van der Waals surface area (Å²) in [5, 5.41) is 4.44. The van der Waals surface area contributed by atoms with Crippen LogP contribution in [0, 0.1) is 5.92 Å². The van der Waals surface area contributed by atoms with Gasteiger partial charge in [0.25, 0.3) is 0 Å². The zero-order valence-corrected chi connectivity index (χ0v) is 14.6. The first-order valence-corrected chi connectivity index (χ1v) is 9.93. The maximum absolute atomic E-state index is 12.5. The number of nitrogens with zero attached hydrogens (tertiary/aromatic N) is 2. The topological polar surface area (TPSA) is 45.2 Å². The Bertz CT molecular complexity index is 774. The molecule has 3 saturated heterocycles. The van der Waals surface area contributed by atoms with Crippen molar-refractivity contribution in [2.75, 3.05) is 19.6 Å². The normalized spacial score (nSPS) is 29.1. The van der Waals surface area contributed by atoms with Gasteiger partial charge >= 0.3 is 0 Å². The fourth-order valence-electron chi connectivity index (χ4n) is 4.34. The first-order chi connectivity index (χ1) is 11.8. The van der Waals surface area contributed by atoms with E-state index in [-0.39, 0.29) is 5.91 Å². The summed E-state index contributed by atoms with van der Waals surface area (Å²) in [5.41, 5.74) is 2.38. The first-order valence-electron chi connectivity index (χ1n) is 9.16. The van der Waals surface area contributed by atoms with Crippen molar-refractivity contribution in [1.29, 1.82) is 0 Å². The highest BCUT2D eigenvalue weighted by Crippen LogP contribution is 2.41. The largest absolute Gasteiger partial charge is 0.351 e. The molecule has 2 bridgehead atoms. The summed E-state index contributed by atoms with van der Waals surface area (Å²) in [6, 6.07) is 7.01. The first kappa shape index (κ1) is 14.8. The van der Waals surface area contributed by atoms with Crippen LogP contribution < -0.4 is 5.32 Å². The number of nitrogens with one attached hydrogen (secondary N) is 1. The van der Waals surface area contributed by atoms with Crippen molar-refractivity contribution in [3.05, 3.63) is 29.5 Å². The molecule has 1 aliphatic carbocycles. The van der Waals surface area contributed by atoms with E-state index in [2.05, 4.69) is 32.8 Å². The van der Waals surface area contributed by atoms with Gasteiger partial charge < -0.3 is 10.2 Å². The van der Waals surface area contributed by atoms with Crippen molar-refractivity contribution in [2.24, 2.45) is 5.92 Å². The van der Waals surface area contributed by atoms with Gasteiger partial charge in [-0.2, -0.15) is 4.37 Å². The molecule has 4 fully saturated rings. The quantitative estimate of drug-likeness (QED) is 0.930. The standard InChI is InChI=1S/C19H23N3OS/c23-19(20-17-11-22-7-5-13(17)6-8-22)10-16-15-4-3-14(12-1-2-12)9-18(15)24-21-16/h3-4,9,12-13,17H,1-2,5-8,10-11H2,(H,20,23)/t17-/m1/s1. The number of rotatable bonds is 4. The van der Waals surface area contributed by atoms with Crippen LogP contribution in [-0.4, -0.2) is 40.9 Å². The van der Waals surface area contributed by atoms with Gasteiger partial charge in [-0.25, -0.2) is 0 Å². The van der Waals surface area contributed by atoms with Crippen LogP contribution in [0.1, 0.15) is 42.9 Å². The second kappa shape index (κ2) is 5.81. The molecule has 24 heavy (non-hydrogen) atoms. The molecule has 4 aliphatic rings. The van der Waals surface area contributed by atoms with Crippen LogP contribution in [0.3, 0.4) is 0 Å². The second-order valence-electron chi connectivity index (χ2n) is 7.65. The highest BCUT2D eigenvalue weighted by molar-refractivity contribution is 7.13. The van der Waals surface area contributed by atoms with Crippen LogP contribution in [0.2, 0.25) is 0 Å². The Morgan fingerprint density at radius 3 is 2.79 bits per heavy atom. The lowest BCUT2D eigenvalue weighted by atomic mass is 9.84. The summed E-state index contributed by atoms with van der Waals surface area (Å²) in [6.07, 6.45) is 5.51. The lowest BCUT2D eigenvalue weighted by molar-refractivity contribution is -0.122. The summed E-state index contributed by atoms with van der Waals surface area (Å²) in [4.78, 5) is 15.0. The summed E-state index contributed by atoms with van der Waals surface area (Å²) in [5.74, 6) is 1.57.